The van der Waals surface area contributed by atoms with E-state index in [0.717, 1.165) is 37.1 Å². The lowest BCUT2D eigenvalue weighted by Gasteiger charge is -2.29. The molecule has 2 aromatic rings. The summed E-state index contributed by atoms with van der Waals surface area (Å²) in [5.41, 5.74) is 1.03. The molecule has 0 atom stereocenters. The van der Waals surface area contributed by atoms with Crippen LogP contribution in [-0.4, -0.2) is 42.1 Å². The summed E-state index contributed by atoms with van der Waals surface area (Å²) in [4.78, 5) is 22.9. The molecule has 2 N–H and O–H groups in total. The molecule has 1 aromatic heterocycles. The highest BCUT2D eigenvalue weighted by Crippen LogP contribution is 2.21. The van der Waals surface area contributed by atoms with Gasteiger partial charge in [-0.25, -0.2) is 4.98 Å². The molecular weight excluding hydrogens is 338 g/mol. The molecule has 1 aliphatic rings. The first-order valence-electron chi connectivity index (χ1n) is 9.40. The number of aromatic nitrogens is 2. The Labute approximate surface area is 160 Å². The first kappa shape index (κ1) is 18.9. The minimum atomic E-state index is -0.0303. The summed E-state index contributed by atoms with van der Waals surface area (Å²) in [6, 6.07) is 12.3. The fourth-order valence-corrected chi connectivity index (χ4v) is 3.22. The summed E-state index contributed by atoms with van der Waals surface area (Å²) in [5.74, 6) is 1.52. The second-order valence-corrected chi connectivity index (χ2v) is 7.08. The van der Waals surface area contributed by atoms with Crippen LogP contribution in [0.5, 0.6) is 0 Å². The van der Waals surface area contributed by atoms with E-state index in [2.05, 4.69) is 20.6 Å². The van der Waals surface area contributed by atoms with Crippen LogP contribution in [0, 0.1) is 0 Å². The zero-order chi connectivity index (χ0) is 19.1. The first-order valence-corrected chi connectivity index (χ1v) is 9.40. The van der Waals surface area contributed by atoms with Crippen molar-refractivity contribution in [1.82, 2.24) is 15.3 Å². The van der Waals surface area contributed by atoms with E-state index in [1.807, 2.05) is 61.5 Å². The van der Waals surface area contributed by atoms with Gasteiger partial charge < -0.3 is 15.5 Å². The summed E-state index contributed by atoms with van der Waals surface area (Å²) in [7, 11) is 3.93. The Bertz CT molecular complexity index is 767. The number of benzene rings is 1. The van der Waals surface area contributed by atoms with Crippen LogP contribution in [0.2, 0.25) is 0 Å². The maximum Gasteiger partial charge on any atom is 0.244 e. The van der Waals surface area contributed by atoms with Crippen molar-refractivity contribution in [3.05, 3.63) is 54.2 Å². The fraction of sp³-hybridized carbons (Fsp3) is 0.381. The van der Waals surface area contributed by atoms with E-state index in [1.165, 1.54) is 0 Å². The van der Waals surface area contributed by atoms with Crippen LogP contribution in [0.3, 0.4) is 0 Å². The van der Waals surface area contributed by atoms with E-state index in [0.29, 0.717) is 12.0 Å². The Hall–Kier alpha value is -2.89. The van der Waals surface area contributed by atoms with Gasteiger partial charge in [-0.05, 0) is 43.4 Å². The molecule has 1 fully saturated rings. The molecule has 6 nitrogen and oxygen atoms in total. The average molecular weight is 365 g/mol. The number of carbonyl (C=O) groups is 1. The number of rotatable bonds is 6. The van der Waals surface area contributed by atoms with Crippen molar-refractivity contribution in [1.29, 1.82) is 0 Å². The van der Waals surface area contributed by atoms with Gasteiger partial charge in [-0.15, -0.1) is 0 Å². The molecule has 0 aliphatic heterocycles. The summed E-state index contributed by atoms with van der Waals surface area (Å²) >= 11 is 0. The van der Waals surface area contributed by atoms with Crippen LogP contribution >= 0.6 is 0 Å². The van der Waals surface area contributed by atoms with Crippen LogP contribution < -0.4 is 15.5 Å². The predicted molar refractivity (Wildman–Crippen MR) is 110 cm³/mol. The van der Waals surface area contributed by atoms with Crippen molar-refractivity contribution < 1.29 is 4.79 Å². The summed E-state index contributed by atoms with van der Waals surface area (Å²) in [5, 5.41) is 6.53. The van der Waals surface area contributed by atoms with Crippen molar-refractivity contribution in [2.24, 2.45) is 0 Å². The van der Waals surface area contributed by atoms with Gasteiger partial charge in [0.05, 0.1) is 0 Å². The van der Waals surface area contributed by atoms with Gasteiger partial charge in [-0.2, -0.15) is 4.98 Å². The van der Waals surface area contributed by atoms with Crippen molar-refractivity contribution in [3.63, 3.8) is 0 Å². The van der Waals surface area contributed by atoms with Gasteiger partial charge in [0, 0.05) is 38.5 Å². The van der Waals surface area contributed by atoms with Crippen LogP contribution in [-0.2, 0) is 4.79 Å². The SMILES string of the molecule is CN(C)c1ccnc(N[C@H]2CC[C@@H](NC(=O)C=Cc3ccccc3)CC2)n1. The maximum absolute atomic E-state index is 12.1. The Morgan fingerprint density at radius 1 is 1.07 bits per heavy atom. The molecule has 6 heteroatoms. The Balaban J connectivity index is 1.44. The van der Waals surface area contributed by atoms with E-state index in [9.17, 15) is 4.79 Å². The average Bonchev–Trinajstić information content (AvgIpc) is 2.69. The topological polar surface area (TPSA) is 70.2 Å². The third-order valence-corrected chi connectivity index (χ3v) is 4.73. The molecule has 0 radical (unpaired) electrons. The fourth-order valence-electron chi connectivity index (χ4n) is 3.22. The standard InChI is InChI=1S/C21H27N5O/c1-26(2)19-14-15-22-21(25-19)24-18-11-9-17(10-12-18)23-20(27)13-8-16-6-4-3-5-7-16/h3-8,13-15,17-18H,9-12H2,1-2H3,(H,23,27)(H,22,24,25)/t17-,18+. The minimum Gasteiger partial charge on any atom is -0.363 e. The molecular formula is C21H27N5O. The van der Waals surface area contributed by atoms with E-state index in [4.69, 9.17) is 0 Å². The number of nitrogens with zero attached hydrogens (tertiary/aromatic N) is 3. The summed E-state index contributed by atoms with van der Waals surface area (Å²) < 4.78 is 0. The first-order chi connectivity index (χ1) is 13.1. The third-order valence-electron chi connectivity index (χ3n) is 4.73. The molecule has 1 aromatic carbocycles. The van der Waals surface area contributed by atoms with Gasteiger partial charge in [0.25, 0.3) is 0 Å². The van der Waals surface area contributed by atoms with E-state index in [1.54, 1.807) is 12.3 Å². The van der Waals surface area contributed by atoms with Crippen LogP contribution in [0.1, 0.15) is 31.2 Å². The second kappa shape index (κ2) is 9.16. The molecule has 142 valence electrons. The summed E-state index contributed by atoms with van der Waals surface area (Å²) in [6.07, 6.45) is 9.12. The number of anilines is 2. The third kappa shape index (κ3) is 5.81. The van der Waals surface area contributed by atoms with E-state index >= 15 is 0 Å². The van der Waals surface area contributed by atoms with Gasteiger partial charge in [0.15, 0.2) is 0 Å². The van der Waals surface area contributed by atoms with Gasteiger partial charge in [-0.3, -0.25) is 4.79 Å². The Morgan fingerprint density at radius 3 is 2.48 bits per heavy atom. The summed E-state index contributed by atoms with van der Waals surface area (Å²) in [6.45, 7) is 0. The van der Waals surface area contributed by atoms with Gasteiger partial charge >= 0.3 is 0 Å². The highest BCUT2D eigenvalue weighted by molar-refractivity contribution is 5.91. The monoisotopic (exact) mass is 365 g/mol. The number of hydrogen-bond donors (Lipinski definition) is 2. The molecule has 3 rings (SSSR count). The largest absolute Gasteiger partial charge is 0.363 e. The lowest BCUT2D eigenvalue weighted by atomic mass is 9.91. The molecule has 1 saturated carbocycles. The van der Waals surface area contributed by atoms with Crippen molar-refractivity contribution >= 4 is 23.7 Å². The quantitative estimate of drug-likeness (QED) is 0.770. The van der Waals surface area contributed by atoms with Crippen molar-refractivity contribution in [2.45, 2.75) is 37.8 Å². The molecule has 27 heavy (non-hydrogen) atoms. The van der Waals surface area contributed by atoms with Crippen molar-refractivity contribution in [2.75, 3.05) is 24.3 Å². The molecule has 0 unspecified atom stereocenters. The highest BCUT2D eigenvalue weighted by Gasteiger charge is 2.22. The molecule has 0 bridgehead atoms. The zero-order valence-corrected chi connectivity index (χ0v) is 15.9. The normalized spacial score (nSPS) is 19.6. The molecule has 0 spiro atoms. The molecule has 1 aliphatic carbocycles. The van der Waals surface area contributed by atoms with Gasteiger partial charge in [0.2, 0.25) is 11.9 Å². The predicted octanol–water partition coefficient (Wildman–Crippen LogP) is 3.10. The Morgan fingerprint density at radius 2 is 1.78 bits per heavy atom. The number of amides is 1. The highest BCUT2D eigenvalue weighted by atomic mass is 16.1. The Kier molecular flexibility index (Phi) is 6.41. The van der Waals surface area contributed by atoms with Crippen LogP contribution in [0.4, 0.5) is 11.8 Å². The number of nitrogens with one attached hydrogen (secondary N) is 2. The lowest BCUT2D eigenvalue weighted by molar-refractivity contribution is -0.117. The van der Waals surface area contributed by atoms with E-state index in [-0.39, 0.29) is 11.9 Å². The van der Waals surface area contributed by atoms with Gasteiger partial charge in [-0.1, -0.05) is 30.3 Å². The molecule has 0 saturated heterocycles. The van der Waals surface area contributed by atoms with E-state index < -0.39 is 0 Å². The molecule has 1 heterocycles. The van der Waals surface area contributed by atoms with Gasteiger partial charge in [0.1, 0.15) is 5.82 Å². The number of hydrogen-bond acceptors (Lipinski definition) is 5. The lowest BCUT2D eigenvalue weighted by Crippen LogP contribution is -2.39. The number of carbonyl (C=O) groups excluding carboxylic acids is 1. The minimum absolute atomic E-state index is 0.0303. The van der Waals surface area contributed by atoms with Crippen LogP contribution in [0.15, 0.2) is 48.7 Å². The molecule has 1 amide bonds. The van der Waals surface area contributed by atoms with Crippen LogP contribution in [0.25, 0.3) is 6.08 Å². The smallest absolute Gasteiger partial charge is 0.244 e. The zero-order valence-electron chi connectivity index (χ0n) is 15.9. The second-order valence-electron chi connectivity index (χ2n) is 7.08. The van der Waals surface area contributed by atoms with Crippen molar-refractivity contribution in [3.8, 4) is 0 Å². The maximum atomic E-state index is 12.1.